The van der Waals surface area contributed by atoms with Crippen LogP contribution in [0.4, 0.5) is 5.82 Å². The minimum Gasteiger partial charge on any atom is -0.464 e. The maximum Gasteiger partial charge on any atom is 0.358 e. The second-order valence-electron chi connectivity index (χ2n) is 4.53. The Morgan fingerprint density at radius 2 is 2.00 bits per heavy atom. The van der Waals surface area contributed by atoms with Gasteiger partial charge in [-0.3, -0.25) is 0 Å². The molecule has 2 rings (SSSR count). The first-order valence-corrected chi connectivity index (χ1v) is 6.67. The van der Waals surface area contributed by atoms with E-state index in [1.165, 1.54) is 7.11 Å². The summed E-state index contributed by atoms with van der Waals surface area (Å²) in [5.41, 5.74) is 7.39. The van der Waals surface area contributed by atoms with Crippen molar-refractivity contribution in [2.24, 2.45) is 5.73 Å². The number of aromatic nitrogens is 2. The molecule has 6 nitrogen and oxygen atoms in total. The Hall–Kier alpha value is -2.47. The van der Waals surface area contributed by atoms with Gasteiger partial charge < -0.3 is 15.8 Å². The third-order valence-corrected chi connectivity index (χ3v) is 3.05. The van der Waals surface area contributed by atoms with Crippen molar-refractivity contribution in [3.8, 4) is 0 Å². The predicted molar refractivity (Wildman–Crippen MR) is 79.8 cm³/mol. The van der Waals surface area contributed by atoms with Crippen molar-refractivity contribution in [1.82, 2.24) is 10.2 Å². The number of nitrogens with one attached hydrogen (secondary N) is 1. The number of carbonyl (C=O) groups is 1. The van der Waals surface area contributed by atoms with E-state index in [4.69, 9.17) is 5.73 Å². The van der Waals surface area contributed by atoms with E-state index in [-0.39, 0.29) is 11.7 Å². The number of esters is 1. The van der Waals surface area contributed by atoms with Gasteiger partial charge in [-0.1, -0.05) is 30.3 Å². The molecule has 2 aromatic rings. The normalized spacial score (nSPS) is 11.7. The molecule has 1 unspecified atom stereocenters. The highest BCUT2D eigenvalue weighted by molar-refractivity contribution is 5.86. The third kappa shape index (κ3) is 4.25. The Morgan fingerprint density at radius 3 is 2.62 bits per heavy atom. The topological polar surface area (TPSA) is 90.1 Å². The third-order valence-electron chi connectivity index (χ3n) is 3.05. The molecule has 1 aromatic heterocycles. The molecule has 3 N–H and O–H groups in total. The van der Waals surface area contributed by atoms with E-state index in [0.717, 1.165) is 12.0 Å². The first kappa shape index (κ1) is 14.9. The summed E-state index contributed by atoms with van der Waals surface area (Å²) in [6, 6.07) is 13.2. The minimum atomic E-state index is -0.500. The lowest BCUT2D eigenvalue weighted by Crippen LogP contribution is -2.16. The summed E-state index contributed by atoms with van der Waals surface area (Å²) in [6.07, 6.45) is 0.768. The van der Waals surface area contributed by atoms with Gasteiger partial charge >= 0.3 is 5.97 Å². The van der Waals surface area contributed by atoms with Gasteiger partial charge in [-0.05, 0) is 24.1 Å². The van der Waals surface area contributed by atoms with Gasteiger partial charge in [-0.15, -0.1) is 10.2 Å². The van der Waals surface area contributed by atoms with E-state index in [1.54, 1.807) is 12.1 Å². The van der Waals surface area contributed by atoms with Crippen LogP contribution in [0.1, 0.15) is 28.5 Å². The van der Waals surface area contributed by atoms with Crippen LogP contribution in [0.5, 0.6) is 0 Å². The van der Waals surface area contributed by atoms with E-state index < -0.39 is 5.97 Å². The van der Waals surface area contributed by atoms with Crippen LogP contribution in [0, 0.1) is 0 Å². The molecule has 0 spiro atoms. The average Bonchev–Trinajstić information content (AvgIpc) is 2.55. The molecule has 0 aliphatic rings. The van der Waals surface area contributed by atoms with Gasteiger partial charge in [0.25, 0.3) is 0 Å². The summed E-state index contributed by atoms with van der Waals surface area (Å²) in [4.78, 5) is 11.2. The standard InChI is InChI=1S/C15H18N4O2/c1-21-15(20)13-7-8-14(19-18-13)17-10-9-12(16)11-5-3-2-4-6-11/h2-8,12H,9-10,16H2,1H3,(H,17,19). The molecule has 0 fully saturated rings. The SMILES string of the molecule is COC(=O)c1ccc(NCCC(N)c2ccccc2)nn1. The minimum absolute atomic E-state index is 0.0269. The molecule has 21 heavy (non-hydrogen) atoms. The molecule has 1 atom stereocenters. The van der Waals surface area contributed by atoms with Gasteiger partial charge in [0.15, 0.2) is 5.69 Å². The number of carbonyl (C=O) groups excluding carboxylic acids is 1. The first-order valence-electron chi connectivity index (χ1n) is 6.67. The fourth-order valence-electron chi connectivity index (χ4n) is 1.86. The van der Waals surface area contributed by atoms with Gasteiger partial charge in [0.05, 0.1) is 7.11 Å². The Morgan fingerprint density at radius 1 is 1.24 bits per heavy atom. The highest BCUT2D eigenvalue weighted by Gasteiger charge is 2.08. The summed E-state index contributed by atoms with van der Waals surface area (Å²) in [7, 11) is 1.31. The number of methoxy groups -OCH3 is 1. The molecule has 0 radical (unpaired) electrons. The fraction of sp³-hybridized carbons (Fsp3) is 0.267. The zero-order valence-electron chi connectivity index (χ0n) is 11.8. The first-order chi connectivity index (χ1) is 10.2. The number of nitrogens with two attached hydrogens (primary N) is 1. The van der Waals surface area contributed by atoms with E-state index in [1.807, 2.05) is 30.3 Å². The summed E-state index contributed by atoms with van der Waals surface area (Å²) in [5, 5.41) is 10.8. The number of hydrogen-bond donors (Lipinski definition) is 2. The highest BCUT2D eigenvalue weighted by Crippen LogP contribution is 2.13. The number of nitrogens with zero attached hydrogens (tertiary/aromatic N) is 2. The van der Waals surface area contributed by atoms with Crippen molar-refractivity contribution >= 4 is 11.8 Å². The van der Waals surface area contributed by atoms with Crippen LogP contribution in [0.2, 0.25) is 0 Å². The van der Waals surface area contributed by atoms with Crippen molar-refractivity contribution < 1.29 is 9.53 Å². The maximum atomic E-state index is 11.2. The molecule has 0 amide bonds. The van der Waals surface area contributed by atoms with Gasteiger partial charge in [0, 0.05) is 12.6 Å². The maximum absolute atomic E-state index is 11.2. The molecular weight excluding hydrogens is 268 g/mol. The van der Waals surface area contributed by atoms with Gasteiger partial charge in [-0.2, -0.15) is 0 Å². The Kier molecular flexibility index (Phi) is 5.22. The molecule has 1 heterocycles. The Balaban J connectivity index is 1.82. The summed E-state index contributed by atoms with van der Waals surface area (Å²) in [6.45, 7) is 0.669. The van der Waals surface area contributed by atoms with Gasteiger partial charge in [-0.25, -0.2) is 4.79 Å². The summed E-state index contributed by atoms with van der Waals surface area (Å²) < 4.78 is 4.56. The number of ether oxygens (including phenoxy) is 1. The summed E-state index contributed by atoms with van der Waals surface area (Å²) in [5.74, 6) is 0.100. The molecule has 1 aromatic carbocycles. The summed E-state index contributed by atoms with van der Waals surface area (Å²) >= 11 is 0. The molecular formula is C15H18N4O2. The van der Waals surface area contributed by atoms with Crippen molar-refractivity contribution in [2.45, 2.75) is 12.5 Å². The zero-order chi connectivity index (χ0) is 15.1. The number of anilines is 1. The monoisotopic (exact) mass is 286 g/mol. The van der Waals surface area contributed by atoms with Crippen LogP contribution < -0.4 is 11.1 Å². The van der Waals surface area contributed by atoms with Gasteiger partial charge in [0.2, 0.25) is 0 Å². The molecule has 0 aliphatic carbocycles. The van der Waals surface area contributed by atoms with Crippen molar-refractivity contribution in [3.05, 3.63) is 53.7 Å². The zero-order valence-corrected chi connectivity index (χ0v) is 11.8. The fourth-order valence-corrected chi connectivity index (χ4v) is 1.86. The lowest BCUT2D eigenvalue weighted by atomic mass is 10.1. The second-order valence-corrected chi connectivity index (χ2v) is 4.53. The van der Waals surface area contributed by atoms with Crippen LogP contribution >= 0.6 is 0 Å². The highest BCUT2D eigenvalue weighted by atomic mass is 16.5. The predicted octanol–water partition coefficient (Wildman–Crippen LogP) is 1.77. The number of rotatable bonds is 6. The number of benzene rings is 1. The largest absolute Gasteiger partial charge is 0.464 e. The van der Waals surface area contributed by atoms with Crippen LogP contribution in [-0.2, 0) is 4.74 Å². The molecule has 0 saturated carbocycles. The van der Waals surface area contributed by atoms with E-state index in [0.29, 0.717) is 12.4 Å². The van der Waals surface area contributed by atoms with Crippen LogP contribution in [-0.4, -0.2) is 29.8 Å². The quantitative estimate of drug-likeness (QED) is 0.786. The van der Waals surface area contributed by atoms with Crippen LogP contribution in [0.3, 0.4) is 0 Å². The lowest BCUT2D eigenvalue weighted by molar-refractivity contribution is 0.0593. The van der Waals surface area contributed by atoms with Crippen LogP contribution in [0.25, 0.3) is 0 Å². The molecule has 0 saturated heterocycles. The Labute approximate surface area is 123 Å². The molecule has 6 heteroatoms. The molecule has 0 aliphatic heterocycles. The number of hydrogen-bond acceptors (Lipinski definition) is 6. The average molecular weight is 286 g/mol. The van der Waals surface area contributed by atoms with E-state index in [2.05, 4.69) is 20.3 Å². The Bertz CT molecular complexity index is 572. The lowest BCUT2D eigenvalue weighted by Gasteiger charge is -2.12. The molecule has 110 valence electrons. The van der Waals surface area contributed by atoms with Crippen molar-refractivity contribution in [1.29, 1.82) is 0 Å². The van der Waals surface area contributed by atoms with Crippen LogP contribution in [0.15, 0.2) is 42.5 Å². The molecule has 0 bridgehead atoms. The van der Waals surface area contributed by atoms with Crippen molar-refractivity contribution in [3.63, 3.8) is 0 Å². The second kappa shape index (κ2) is 7.35. The van der Waals surface area contributed by atoms with E-state index in [9.17, 15) is 4.79 Å². The van der Waals surface area contributed by atoms with Gasteiger partial charge in [0.1, 0.15) is 5.82 Å². The van der Waals surface area contributed by atoms with E-state index >= 15 is 0 Å². The van der Waals surface area contributed by atoms with Crippen molar-refractivity contribution in [2.75, 3.05) is 19.0 Å². The smallest absolute Gasteiger partial charge is 0.358 e.